The summed E-state index contributed by atoms with van der Waals surface area (Å²) >= 11 is -0.0578. The number of anilines is 1. The van der Waals surface area contributed by atoms with Crippen molar-refractivity contribution in [1.82, 2.24) is 0 Å². The Morgan fingerprint density at radius 1 is 1.24 bits per heavy atom. The highest BCUT2D eigenvalue weighted by molar-refractivity contribution is 8.00. The maximum Gasteiger partial charge on any atom is 0.446 e. The molecule has 0 atom stereocenters. The summed E-state index contributed by atoms with van der Waals surface area (Å²) in [6, 6.07) is 6.91. The fourth-order valence-corrected chi connectivity index (χ4v) is 2.67. The van der Waals surface area contributed by atoms with Crippen LogP contribution in [0.25, 0.3) is 0 Å². The van der Waals surface area contributed by atoms with Crippen molar-refractivity contribution in [2.75, 3.05) is 5.32 Å². The Morgan fingerprint density at radius 3 is 2.47 bits per heavy atom. The zero-order valence-corrected chi connectivity index (χ0v) is 10.2. The molecule has 1 aromatic carbocycles. The van der Waals surface area contributed by atoms with Gasteiger partial charge in [-0.25, -0.2) is 0 Å². The molecular weight excluding hydrogens is 247 g/mol. The van der Waals surface area contributed by atoms with Crippen molar-refractivity contribution in [3.8, 4) is 0 Å². The molecule has 0 heterocycles. The molecule has 94 valence electrons. The number of hydrogen-bond acceptors (Lipinski definition) is 2. The Bertz CT molecular complexity index is 386. The van der Waals surface area contributed by atoms with Gasteiger partial charge in [-0.15, -0.1) is 0 Å². The number of para-hydroxylation sites is 1. The second-order valence-corrected chi connectivity index (χ2v) is 5.57. The number of thioether (sulfide) groups is 1. The Morgan fingerprint density at radius 2 is 1.88 bits per heavy atom. The predicted molar refractivity (Wildman–Crippen MR) is 64.2 cm³/mol. The van der Waals surface area contributed by atoms with Crippen LogP contribution < -0.4 is 5.32 Å². The van der Waals surface area contributed by atoms with Gasteiger partial charge < -0.3 is 5.32 Å². The van der Waals surface area contributed by atoms with E-state index in [0.717, 1.165) is 12.8 Å². The Balaban J connectivity index is 2.05. The smallest absolute Gasteiger partial charge is 0.381 e. The van der Waals surface area contributed by atoms with Crippen molar-refractivity contribution < 1.29 is 13.2 Å². The van der Waals surface area contributed by atoms with E-state index < -0.39 is 5.51 Å². The van der Waals surface area contributed by atoms with Crippen LogP contribution in [0.3, 0.4) is 0 Å². The SMILES string of the molecule is CC1CC(Nc2ccccc2SC(F)(F)F)C1. The van der Waals surface area contributed by atoms with E-state index in [1.54, 1.807) is 18.2 Å². The standard InChI is InChI=1S/C12H14F3NS/c1-8-6-9(7-8)16-10-4-2-3-5-11(10)17-12(13,14)15/h2-5,8-9,16H,6-7H2,1H3. The minimum Gasteiger partial charge on any atom is -0.381 e. The van der Waals surface area contributed by atoms with Gasteiger partial charge in [-0.2, -0.15) is 13.2 Å². The average molecular weight is 261 g/mol. The van der Waals surface area contributed by atoms with Gasteiger partial charge in [-0.1, -0.05) is 19.1 Å². The van der Waals surface area contributed by atoms with Gasteiger partial charge in [0.1, 0.15) is 0 Å². The quantitative estimate of drug-likeness (QED) is 0.803. The molecule has 17 heavy (non-hydrogen) atoms. The van der Waals surface area contributed by atoms with Crippen LogP contribution in [0.5, 0.6) is 0 Å². The zero-order chi connectivity index (χ0) is 12.5. The molecule has 1 aromatic rings. The highest BCUT2D eigenvalue weighted by atomic mass is 32.2. The molecule has 0 spiro atoms. The lowest BCUT2D eigenvalue weighted by Gasteiger charge is -2.34. The number of alkyl halides is 3. The Hall–Kier alpha value is -0.840. The first-order valence-corrected chi connectivity index (χ1v) is 6.37. The molecule has 0 bridgehead atoms. The summed E-state index contributed by atoms with van der Waals surface area (Å²) in [6.07, 6.45) is 2.07. The second-order valence-electron chi connectivity index (χ2n) is 4.46. The van der Waals surface area contributed by atoms with Crippen LogP contribution in [0.4, 0.5) is 18.9 Å². The molecule has 0 saturated heterocycles. The molecule has 1 N–H and O–H groups in total. The summed E-state index contributed by atoms with van der Waals surface area (Å²) in [6.45, 7) is 2.15. The van der Waals surface area contributed by atoms with Crippen LogP contribution in [-0.2, 0) is 0 Å². The van der Waals surface area contributed by atoms with Crippen LogP contribution in [-0.4, -0.2) is 11.6 Å². The number of hydrogen-bond donors (Lipinski definition) is 1. The second kappa shape index (κ2) is 4.80. The highest BCUT2D eigenvalue weighted by Crippen LogP contribution is 2.41. The van der Waals surface area contributed by atoms with Crippen molar-refractivity contribution in [3.05, 3.63) is 24.3 Å². The summed E-state index contributed by atoms with van der Waals surface area (Å²) in [5, 5.41) is 3.18. The third-order valence-corrected chi connectivity index (χ3v) is 3.65. The van der Waals surface area contributed by atoms with E-state index in [-0.39, 0.29) is 16.7 Å². The first kappa shape index (κ1) is 12.6. The molecule has 2 rings (SSSR count). The van der Waals surface area contributed by atoms with Crippen LogP contribution >= 0.6 is 11.8 Å². The minimum absolute atomic E-state index is 0.0578. The molecular formula is C12H14F3NS. The lowest BCUT2D eigenvalue weighted by Crippen LogP contribution is -2.33. The molecule has 0 amide bonds. The zero-order valence-electron chi connectivity index (χ0n) is 9.42. The molecule has 1 saturated carbocycles. The molecule has 1 aliphatic rings. The van der Waals surface area contributed by atoms with E-state index in [4.69, 9.17) is 0 Å². The number of nitrogens with one attached hydrogen (secondary N) is 1. The number of halogens is 3. The van der Waals surface area contributed by atoms with E-state index in [2.05, 4.69) is 12.2 Å². The largest absolute Gasteiger partial charge is 0.446 e. The number of benzene rings is 1. The van der Waals surface area contributed by atoms with Crippen molar-refractivity contribution in [3.63, 3.8) is 0 Å². The normalized spacial score (nSPS) is 24.2. The van der Waals surface area contributed by atoms with Crippen LogP contribution in [0, 0.1) is 5.92 Å². The van der Waals surface area contributed by atoms with E-state index in [9.17, 15) is 13.2 Å². The fourth-order valence-electron chi connectivity index (χ4n) is 2.04. The van der Waals surface area contributed by atoms with Gasteiger partial charge in [0.25, 0.3) is 0 Å². The molecule has 1 nitrogen and oxygen atoms in total. The third-order valence-electron chi connectivity index (χ3n) is 2.85. The van der Waals surface area contributed by atoms with Crippen LogP contribution in [0.15, 0.2) is 29.2 Å². The topological polar surface area (TPSA) is 12.0 Å². The van der Waals surface area contributed by atoms with Gasteiger partial charge in [-0.05, 0) is 42.7 Å². The summed E-state index contributed by atoms with van der Waals surface area (Å²) in [5.41, 5.74) is -3.64. The molecule has 0 radical (unpaired) electrons. The van der Waals surface area contributed by atoms with Gasteiger partial charge in [0.15, 0.2) is 0 Å². The molecule has 1 fully saturated rings. The lowest BCUT2D eigenvalue weighted by atomic mass is 9.82. The van der Waals surface area contributed by atoms with Crippen LogP contribution in [0.2, 0.25) is 0 Å². The maximum atomic E-state index is 12.4. The van der Waals surface area contributed by atoms with Crippen LogP contribution in [0.1, 0.15) is 19.8 Å². The van der Waals surface area contributed by atoms with E-state index in [1.165, 1.54) is 6.07 Å². The lowest BCUT2D eigenvalue weighted by molar-refractivity contribution is -0.0328. The molecule has 0 unspecified atom stereocenters. The Kier molecular flexibility index (Phi) is 3.56. The highest BCUT2D eigenvalue weighted by Gasteiger charge is 2.31. The summed E-state index contributed by atoms with van der Waals surface area (Å²) < 4.78 is 37.1. The van der Waals surface area contributed by atoms with E-state index >= 15 is 0 Å². The van der Waals surface area contributed by atoms with Gasteiger partial charge in [0.2, 0.25) is 0 Å². The van der Waals surface area contributed by atoms with E-state index in [0.29, 0.717) is 17.6 Å². The van der Waals surface area contributed by atoms with Crippen molar-refractivity contribution in [1.29, 1.82) is 0 Å². The minimum atomic E-state index is -4.23. The molecule has 0 aliphatic heterocycles. The van der Waals surface area contributed by atoms with Crippen molar-refractivity contribution in [2.45, 2.75) is 36.2 Å². The Labute approximate surface area is 103 Å². The summed E-state index contributed by atoms with van der Waals surface area (Å²) in [4.78, 5) is 0.250. The summed E-state index contributed by atoms with van der Waals surface area (Å²) in [5.74, 6) is 0.676. The maximum absolute atomic E-state index is 12.4. The first-order chi connectivity index (χ1) is 7.94. The predicted octanol–water partition coefficient (Wildman–Crippen LogP) is 4.51. The third kappa shape index (κ3) is 3.56. The van der Waals surface area contributed by atoms with E-state index in [1.807, 2.05) is 0 Å². The fraction of sp³-hybridized carbons (Fsp3) is 0.500. The summed E-state index contributed by atoms with van der Waals surface area (Å²) in [7, 11) is 0. The van der Waals surface area contributed by atoms with Crippen molar-refractivity contribution in [2.24, 2.45) is 5.92 Å². The van der Waals surface area contributed by atoms with Gasteiger partial charge in [0.05, 0.1) is 0 Å². The average Bonchev–Trinajstić information content (AvgIpc) is 2.16. The van der Waals surface area contributed by atoms with Gasteiger partial charge in [0, 0.05) is 16.6 Å². The molecule has 5 heteroatoms. The van der Waals surface area contributed by atoms with Gasteiger partial charge in [-0.3, -0.25) is 0 Å². The molecule has 0 aromatic heterocycles. The van der Waals surface area contributed by atoms with Gasteiger partial charge >= 0.3 is 5.51 Å². The van der Waals surface area contributed by atoms with Crippen molar-refractivity contribution >= 4 is 17.4 Å². The first-order valence-electron chi connectivity index (χ1n) is 5.55. The number of rotatable bonds is 3. The molecule has 1 aliphatic carbocycles. The monoisotopic (exact) mass is 261 g/mol.